The number of nitro benzene ring substituents is 1. The zero-order valence-electron chi connectivity index (χ0n) is 18.1. The second-order valence-electron chi connectivity index (χ2n) is 6.96. The first-order valence-electron chi connectivity index (χ1n) is 9.91. The quantitative estimate of drug-likeness (QED) is 0.264. The molecule has 4 N–H and O–H groups in total. The van der Waals surface area contributed by atoms with Gasteiger partial charge >= 0.3 is 11.9 Å². The lowest BCUT2D eigenvalue weighted by Gasteiger charge is -2.31. The highest BCUT2D eigenvalue weighted by molar-refractivity contribution is 7.99. The molecule has 1 aliphatic heterocycles. The Morgan fingerprint density at radius 2 is 2.06 bits per heavy atom. The summed E-state index contributed by atoms with van der Waals surface area (Å²) < 4.78 is 10.2. The summed E-state index contributed by atoms with van der Waals surface area (Å²) in [5.41, 5.74) is 6.92. The number of methoxy groups -OCH3 is 1. The number of carbonyl (C=O) groups excluding carboxylic acids is 2. The van der Waals surface area contributed by atoms with Crippen LogP contribution in [-0.2, 0) is 19.1 Å². The Morgan fingerprint density at radius 1 is 1.34 bits per heavy atom. The smallest absolute Gasteiger partial charge is 0.336 e. The van der Waals surface area contributed by atoms with E-state index in [9.17, 15) is 24.8 Å². The highest BCUT2D eigenvalue weighted by atomic mass is 32.2. The molecule has 10 nitrogen and oxygen atoms in total. The molecule has 11 heteroatoms. The molecule has 1 aromatic carbocycles. The van der Waals surface area contributed by atoms with Gasteiger partial charge in [0, 0.05) is 41.6 Å². The van der Waals surface area contributed by atoms with Crippen molar-refractivity contribution in [3.05, 3.63) is 62.5 Å². The van der Waals surface area contributed by atoms with Crippen LogP contribution in [0.1, 0.15) is 25.3 Å². The Balaban J connectivity index is 2.65. The Labute approximate surface area is 190 Å². The van der Waals surface area contributed by atoms with Crippen LogP contribution in [0, 0.1) is 10.1 Å². The van der Waals surface area contributed by atoms with Crippen LogP contribution < -0.4 is 11.1 Å². The molecule has 32 heavy (non-hydrogen) atoms. The number of aliphatic hydroxyl groups is 1. The first-order chi connectivity index (χ1) is 15.2. The molecule has 0 fully saturated rings. The Morgan fingerprint density at radius 3 is 2.66 bits per heavy atom. The van der Waals surface area contributed by atoms with Gasteiger partial charge in [0.1, 0.15) is 0 Å². The van der Waals surface area contributed by atoms with Crippen molar-refractivity contribution >= 4 is 29.4 Å². The molecule has 0 amide bonds. The molecule has 0 radical (unpaired) electrons. The normalized spacial score (nSPS) is 17.0. The number of carbonyl (C=O) groups is 2. The molecule has 0 spiro atoms. The average molecular weight is 466 g/mol. The van der Waals surface area contributed by atoms with Crippen LogP contribution in [0.4, 0.5) is 5.69 Å². The summed E-state index contributed by atoms with van der Waals surface area (Å²) in [4.78, 5) is 36.5. The number of nitrogens with two attached hydrogens (primary N) is 1. The predicted molar refractivity (Wildman–Crippen MR) is 120 cm³/mol. The number of non-ortho nitro benzene ring substituents is 1. The second-order valence-corrected chi connectivity index (χ2v) is 7.99. The van der Waals surface area contributed by atoms with E-state index in [2.05, 4.69) is 5.32 Å². The fraction of sp³-hybridized carbons (Fsp3) is 0.429. The number of dihydropyridines is 1. The van der Waals surface area contributed by atoms with Gasteiger partial charge in [-0.2, -0.15) is 11.8 Å². The number of nitrogens with zero attached hydrogens (tertiary/aromatic N) is 1. The molecule has 0 aliphatic carbocycles. The van der Waals surface area contributed by atoms with Gasteiger partial charge in [-0.25, -0.2) is 9.59 Å². The van der Waals surface area contributed by atoms with Gasteiger partial charge in [-0.15, -0.1) is 0 Å². The van der Waals surface area contributed by atoms with Crippen LogP contribution in [0.3, 0.4) is 0 Å². The highest BCUT2D eigenvalue weighted by Gasteiger charge is 2.39. The lowest BCUT2D eigenvalue weighted by molar-refractivity contribution is -0.384. The molecular weight excluding hydrogens is 438 g/mol. The number of allylic oxidation sites excluding steroid dienone is 1. The van der Waals surface area contributed by atoms with Gasteiger partial charge < -0.3 is 25.6 Å². The first kappa shape index (κ1) is 25.4. The number of rotatable bonds is 10. The number of aliphatic hydroxyl groups excluding tert-OH is 1. The van der Waals surface area contributed by atoms with Gasteiger partial charge in [0.2, 0.25) is 0 Å². The summed E-state index contributed by atoms with van der Waals surface area (Å²) in [5.74, 6) is -1.62. The molecule has 1 heterocycles. The van der Waals surface area contributed by atoms with Crippen LogP contribution in [0.15, 0.2) is 46.8 Å². The molecule has 0 saturated carbocycles. The van der Waals surface area contributed by atoms with Crippen LogP contribution in [0.5, 0.6) is 0 Å². The highest BCUT2D eigenvalue weighted by Crippen LogP contribution is 2.40. The van der Waals surface area contributed by atoms with E-state index in [0.29, 0.717) is 28.5 Å². The number of benzene rings is 1. The number of hydrogen-bond acceptors (Lipinski definition) is 10. The van der Waals surface area contributed by atoms with Crippen LogP contribution in [0.2, 0.25) is 0 Å². The minimum absolute atomic E-state index is 0.103. The molecule has 2 atom stereocenters. The number of nitrogens with one attached hydrogen (secondary N) is 1. The van der Waals surface area contributed by atoms with Crippen LogP contribution in [0.25, 0.3) is 0 Å². The summed E-state index contributed by atoms with van der Waals surface area (Å²) in [5, 5.41) is 24.2. The minimum Gasteiger partial charge on any atom is -0.466 e. The first-order valence-corrected chi connectivity index (χ1v) is 11.1. The van der Waals surface area contributed by atoms with Crippen molar-refractivity contribution in [1.82, 2.24) is 5.32 Å². The SMILES string of the molecule is CCOC(=O)C1=C(CSCC(O)CN)NC(C)=C(C(=O)OC)C1c1cccc([N+](=O)[O-])c1. The third kappa shape index (κ3) is 5.87. The van der Waals surface area contributed by atoms with Gasteiger partial charge in [-0.05, 0) is 19.4 Å². The molecule has 1 aliphatic rings. The fourth-order valence-electron chi connectivity index (χ4n) is 3.36. The third-order valence-electron chi connectivity index (χ3n) is 4.79. The van der Waals surface area contributed by atoms with E-state index in [-0.39, 0.29) is 30.0 Å². The maximum atomic E-state index is 13.0. The average Bonchev–Trinajstić information content (AvgIpc) is 2.78. The lowest BCUT2D eigenvalue weighted by Crippen LogP contribution is -2.34. The summed E-state index contributed by atoms with van der Waals surface area (Å²) in [6.45, 7) is 3.53. The maximum Gasteiger partial charge on any atom is 0.336 e. The third-order valence-corrected chi connectivity index (χ3v) is 5.90. The standard InChI is InChI=1S/C21H27N3O7S/c1-4-31-21(27)19-16(11-32-10-15(25)9-22)23-12(2)17(20(26)30-3)18(19)13-6-5-7-14(8-13)24(28)29/h5-8,15,18,23,25H,4,9-11,22H2,1-3H3. The summed E-state index contributed by atoms with van der Waals surface area (Å²) >= 11 is 1.35. The fourth-order valence-corrected chi connectivity index (χ4v) is 4.31. The van der Waals surface area contributed by atoms with Crippen molar-refractivity contribution in [2.75, 3.05) is 31.8 Å². The summed E-state index contributed by atoms with van der Waals surface area (Å²) in [6.07, 6.45) is -0.704. The van der Waals surface area contributed by atoms with Crippen molar-refractivity contribution in [1.29, 1.82) is 0 Å². The number of hydrogen-bond donors (Lipinski definition) is 3. The predicted octanol–water partition coefficient (Wildman–Crippen LogP) is 1.60. The molecule has 174 valence electrons. The minimum atomic E-state index is -0.933. The molecule has 0 aromatic heterocycles. The number of esters is 2. The Hall–Kier alpha value is -2.89. The van der Waals surface area contributed by atoms with Gasteiger partial charge in [0.25, 0.3) is 5.69 Å². The molecular formula is C21H27N3O7S. The van der Waals surface area contributed by atoms with Crippen molar-refractivity contribution in [2.45, 2.75) is 25.9 Å². The molecule has 1 aromatic rings. The van der Waals surface area contributed by atoms with Gasteiger partial charge in [-0.3, -0.25) is 10.1 Å². The number of ether oxygens (including phenoxy) is 2. The van der Waals surface area contributed by atoms with Crippen molar-refractivity contribution in [3.63, 3.8) is 0 Å². The van der Waals surface area contributed by atoms with Gasteiger partial charge in [-0.1, -0.05) is 12.1 Å². The molecule has 0 bridgehead atoms. The van der Waals surface area contributed by atoms with E-state index in [1.54, 1.807) is 19.9 Å². The lowest BCUT2D eigenvalue weighted by atomic mass is 9.80. The Bertz CT molecular complexity index is 945. The molecule has 2 unspecified atom stereocenters. The van der Waals surface area contributed by atoms with Crippen molar-refractivity contribution in [3.8, 4) is 0 Å². The number of thioether (sulfide) groups is 1. The largest absolute Gasteiger partial charge is 0.466 e. The van der Waals surface area contributed by atoms with Gasteiger partial charge in [0.05, 0.1) is 41.8 Å². The topological polar surface area (TPSA) is 154 Å². The van der Waals surface area contributed by atoms with Crippen molar-refractivity contribution in [2.24, 2.45) is 5.73 Å². The number of nitro groups is 1. The van der Waals surface area contributed by atoms with Crippen molar-refractivity contribution < 1.29 is 29.1 Å². The van der Waals surface area contributed by atoms with Crippen LogP contribution in [-0.4, -0.2) is 59.8 Å². The summed E-state index contributed by atoms with van der Waals surface area (Å²) in [7, 11) is 1.22. The maximum absolute atomic E-state index is 13.0. The molecule has 2 rings (SSSR count). The van der Waals surface area contributed by atoms with E-state index < -0.39 is 28.9 Å². The van der Waals surface area contributed by atoms with E-state index in [1.807, 2.05) is 0 Å². The zero-order chi connectivity index (χ0) is 23.8. The van der Waals surface area contributed by atoms with Gasteiger partial charge in [0.15, 0.2) is 0 Å². The van der Waals surface area contributed by atoms with E-state index in [4.69, 9.17) is 15.2 Å². The van der Waals surface area contributed by atoms with Crippen LogP contribution >= 0.6 is 11.8 Å². The van der Waals surface area contributed by atoms with E-state index in [0.717, 1.165) is 0 Å². The molecule has 0 saturated heterocycles. The van der Waals surface area contributed by atoms with E-state index in [1.165, 1.54) is 37.1 Å². The monoisotopic (exact) mass is 465 g/mol. The van der Waals surface area contributed by atoms with E-state index >= 15 is 0 Å². The Kier molecular flexibility index (Phi) is 9.24. The zero-order valence-corrected chi connectivity index (χ0v) is 18.9. The summed E-state index contributed by atoms with van der Waals surface area (Å²) in [6, 6.07) is 5.77. The second kappa shape index (κ2) is 11.7.